The summed E-state index contributed by atoms with van der Waals surface area (Å²) in [6.07, 6.45) is 5.02. The third-order valence-electron chi connectivity index (χ3n) is 9.84. The van der Waals surface area contributed by atoms with Gasteiger partial charge in [-0.05, 0) is 60.1 Å². The molecule has 2 aromatic heterocycles. The number of aromatic nitrogens is 4. The van der Waals surface area contributed by atoms with Crippen molar-refractivity contribution in [1.29, 1.82) is 0 Å². The number of hydrogen-bond acceptors (Lipinski definition) is 7. The van der Waals surface area contributed by atoms with Gasteiger partial charge in [-0.15, -0.1) is 5.10 Å². The van der Waals surface area contributed by atoms with Gasteiger partial charge in [0.25, 0.3) is 11.6 Å². The lowest BCUT2D eigenvalue weighted by Crippen LogP contribution is -2.41. The topological polar surface area (TPSA) is 148 Å². The fourth-order valence-corrected chi connectivity index (χ4v) is 7.31. The Bertz CT molecular complexity index is 2260. The molecule has 1 saturated carbocycles. The van der Waals surface area contributed by atoms with Crippen molar-refractivity contribution in [1.82, 2.24) is 30.2 Å². The number of likely N-dealkylation sites (tertiary alicyclic amines) is 1. The minimum absolute atomic E-state index is 0.0214. The fraction of sp³-hybridized carbons (Fsp3) is 0.237. The highest BCUT2D eigenvalue weighted by Gasteiger charge is 2.45. The number of nitro benzene ring substituents is 1. The van der Waals surface area contributed by atoms with Crippen molar-refractivity contribution in [2.75, 3.05) is 11.9 Å². The maximum Gasteiger partial charge on any atom is 0.319 e. The van der Waals surface area contributed by atoms with E-state index >= 15 is 0 Å². The van der Waals surface area contributed by atoms with Crippen LogP contribution in [0.4, 0.5) is 16.2 Å². The Morgan fingerprint density at radius 1 is 0.900 bits per heavy atom. The highest BCUT2D eigenvalue weighted by molar-refractivity contribution is 6.08. The first-order chi connectivity index (χ1) is 24.4. The minimum atomic E-state index is -0.595. The standard InChI is InChI=1S/C38H34N8O4/c47-37(31-20-34(40-32-13-4-3-11-30(31)32)29-12-7-9-24-8-1-2-10-27(24)29)45-19-18-28(25-16-17-25)36(45)23-44-22-26(42-43-44)21-39-38(48)41-33-14-5-6-15-35(33)46(49)50/h1-15,20,22,25,28,36H,16-19,21,23H2,(H2,39,41,48). The Morgan fingerprint density at radius 3 is 2.50 bits per heavy atom. The zero-order valence-electron chi connectivity index (χ0n) is 27.1. The molecule has 12 heteroatoms. The smallest absolute Gasteiger partial charge is 0.319 e. The second-order valence-corrected chi connectivity index (χ2v) is 13.0. The van der Waals surface area contributed by atoms with Gasteiger partial charge in [0.15, 0.2) is 0 Å². The molecule has 8 rings (SSSR count). The largest absolute Gasteiger partial charge is 0.333 e. The lowest BCUT2D eigenvalue weighted by atomic mass is 9.94. The van der Waals surface area contributed by atoms with E-state index in [2.05, 4.69) is 45.2 Å². The Morgan fingerprint density at radius 2 is 1.66 bits per heavy atom. The van der Waals surface area contributed by atoms with Crippen molar-refractivity contribution in [3.8, 4) is 11.3 Å². The predicted molar refractivity (Wildman–Crippen MR) is 189 cm³/mol. The summed E-state index contributed by atoms with van der Waals surface area (Å²) in [6.45, 7) is 1.20. The molecule has 3 heterocycles. The van der Waals surface area contributed by atoms with Crippen molar-refractivity contribution in [3.05, 3.63) is 125 Å². The molecule has 1 aliphatic heterocycles. The molecule has 3 amide bonds. The van der Waals surface area contributed by atoms with Crippen LogP contribution in [-0.4, -0.2) is 54.3 Å². The first-order valence-corrected chi connectivity index (χ1v) is 16.8. The number of rotatable bonds is 9. The van der Waals surface area contributed by atoms with Gasteiger partial charge in [0, 0.05) is 23.6 Å². The number of fused-ring (bicyclic) bond motifs is 2. The third-order valence-corrected chi connectivity index (χ3v) is 9.84. The number of pyridine rings is 1. The molecule has 12 nitrogen and oxygen atoms in total. The normalized spacial score (nSPS) is 17.2. The summed E-state index contributed by atoms with van der Waals surface area (Å²) in [5.41, 5.74) is 3.58. The van der Waals surface area contributed by atoms with Crippen LogP contribution in [0.15, 0.2) is 103 Å². The van der Waals surface area contributed by atoms with Gasteiger partial charge in [-0.2, -0.15) is 0 Å². The number of amides is 3. The summed E-state index contributed by atoms with van der Waals surface area (Å²) < 4.78 is 1.74. The van der Waals surface area contributed by atoms with E-state index in [9.17, 15) is 19.7 Å². The Kier molecular flexibility index (Phi) is 8.11. The number of nitrogens with one attached hydrogen (secondary N) is 2. The first kappa shape index (κ1) is 31.1. The molecule has 2 N–H and O–H groups in total. The second-order valence-electron chi connectivity index (χ2n) is 13.0. The van der Waals surface area contributed by atoms with E-state index in [0.717, 1.165) is 52.2 Å². The van der Waals surface area contributed by atoms with E-state index in [-0.39, 0.29) is 29.9 Å². The van der Waals surface area contributed by atoms with Crippen LogP contribution in [0.2, 0.25) is 0 Å². The van der Waals surface area contributed by atoms with Gasteiger partial charge in [-0.25, -0.2) is 9.78 Å². The lowest BCUT2D eigenvalue weighted by molar-refractivity contribution is -0.383. The zero-order chi connectivity index (χ0) is 34.2. The predicted octanol–water partition coefficient (Wildman–Crippen LogP) is 6.82. The number of para-hydroxylation sites is 3. The number of nitrogens with zero attached hydrogens (tertiary/aromatic N) is 6. The molecule has 2 fully saturated rings. The summed E-state index contributed by atoms with van der Waals surface area (Å²) >= 11 is 0. The molecule has 6 aromatic rings. The van der Waals surface area contributed by atoms with E-state index in [4.69, 9.17) is 4.98 Å². The quantitative estimate of drug-likeness (QED) is 0.127. The molecule has 1 saturated heterocycles. The summed E-state index contributed by atoms with van der Waals surface area (Å²) in [4.78, 5) is 45.0. The van der Waals surface area contributed by atoms with E-state index in [1.54, 1.807) is 16.9 Å². The second kappa shape index (κ2) is 13.0. The molecule has 0 radical (unpaired) electrons. The summed E-state index contributed by atoms with van der Waals surface area (Å²) in [7, 11) is 0. The monoisotopic (exact) mass is 666 g/mol. The van der Waals surface area contributed by atoms with Gasteiger partial charge < -0.3 is 15.5 Å². The Labute approximate surface area is 287 Å². The zero-order valence-corrected chi connectivity index (χ0v) is 27.1. The van der Waals surface area contributed by atoms with Crippen LogP contribution in [0.25, 0.3) is 32.9 Å². The molecular weight excluding hydrogens is 632 g/mol. The SMILES string of the molecule is O=C(NCc1cn(CC2C(C3CC3)CCN2C(=O)c2cc(-c3cccc4ccccc34)nc3ccccc23)nn1)Nc1ccccc1[N+](=O)[O-]. The summed E-state index contributed by atoms with van der Waals surface area (Å²) in [5.74, 6) is 0.906. The van der Waals surface area contributed by atoms with Gasteiger partial charge in [0.2, 0.25) is 0 Å². The maximum atomic E-state index is 14.7. The Balaban J connectivity index is 1.03. The van der Waals surface area contributed by atoms with Gasteiger partial charge >= 0.3 is 6.03 Å². The van der Waals surface area contributed by atoms with Crippen LogP contribution in [0.1, 0.15) is 35.3 Å². The average Bonchev–Trinajstić information content (AvgIpc) is 3.75. The number of urea groups is 1. The van der Waals surface area contributed by atoms with Gasteiger partial charge in [-0.3, -0.25) is 19.6 Å². The van der Waals surface area contributed by atoms with Crippen molar-refractivity contribution < 1.29 is 14.5 Å². The van der Waals surface area contributed by atoms with Crippen LogP contribution in [0.3, 0.4) is 0 Å². The number of hydrogen-bond donors (Lipinski definition) is 2. The number of benzene rings is 4. The molecule has 2 unspecified atom stereocenters. The average molecular weight is 667 g/mol. The van der Waals surface area contributed by atoms with Crippen molar-refractivity contribution in [2.24, 2.45) is 11.8 Å². The fourth-order valence-electron chi connectivity index (χ4n) is 7.31. The van der Waals surface area contributed by atoms with Gasteiger partial charge in [0.05, 0.1) is 47.0 Å². The van der Waals surface area contributed by atoms with Crippen LogP contribution in [0.5, 0.6) is 0 Å². The highest BCUT2D eigenvalue weighted by atomic mass is 16.6. The molecule has 2 aliphatic rings. The van der Waals surface area contributed by atoms with Gasteiger partial charge in [0.1, 0.15) is 11.4 Å². The maximum absolute atomic E-state index is 14.7. The number of nitro groups is 1. The molecule has 0 bridgehead atoms. The first-order valence-electron chi connectivity index (χ1n) is 16.8. The number of carbonyl (C=O) groups is 2. The van der Waals surface area contributed by atoms with Crippen molar-refractivity contribution in [2.45, 2.75) is 38.4 Å². The minimum Gasteiger partial charge on any atom is -0.333 e. The summed E-state index contributed by atoms with van der Waals surface area (Å²) in [6, 6.07) is 29.4. The van der Waals surface area contributed by atoms with Crippen LogP contribution >= 0.6 is 0 Å². The Hall–Kier alpha value is -6.17. The molecule has 250 valence electrons. The van der Waals surface area contributed by atoms with Gasteiger partial charge in [-0.1, -0.05) is 78.0 Å². The molecule has 4 aromatic carbocycles. The molecule has 50 heavy (non-hydrogen) atoms. The molecule has 0 spiro atoms. The third kappa shape index (κ3) is 6.11. The lowest BCUT2D eigenvalue weighted by Gasteiger charge is -2.29. The van der Waals surface area contributed by atoms with E-state index in [1.807, 2.05) is 53.4 Å². The van der Waals surface area contributed by atoms with Crippen LogP contribution < -0.4 is 10.6 Å². The highest BCUT2D eigenvalue weighted by Crippen LogP contribution is 2.45. The number of anilines is 1. The molecule has 1 aliphatic carbocycles. The summed E-state index contributed by atoms with van der Waals surface area (Å²) in [5, 5.41) is 28.2. The molecule has 2 atom stereocenters. The van der Waals surface area contributed by atoms with Crippen molar-refractivity contribution >= 4 is 45.0 Å². The van der Waals surface area contributed by atoms with E-state index in [0.29, 0.717) is 36.2 Å². The molecular formula is C38H34N8O4. The van der Waals surface area contributed by atoms with E-state index in [1.165, 1.54) is 18.2 Å². The van der Waals surface area contributed by atoms with Crippen LogP contribution in [0, 0.1) is 22.0 Å². The van der Waals surface area contributed by atoms with Crippen molar-refractivity contribution in [3.63, 3.8) is 0 Å². The van der Waals surface area contributed by atoms with E-state index < -0.39 is 11.0 Å². The van der Waals surface area contributed by atoms with Crippen LogP contribution in [-0.2, 0) is 13.1 Å². The number of carbonyl (C=O) groups excluding carboxylic acids is 2.